The Morgan fingerprint density at radius 2 is 1.65 bits per heavy atom. The number of hydrogen-bond donors (Lipinski definition) is 0. The third-order valence-electron chi connectivity index (χ3n) is 5.52. The number of amides is 1. The van der Waals surface area contributed by atoms with E-state index in [1.807, 2.05) is 41.1 Å². The molecule has 0 aliphatic carbocycles. The minimum Gasteiger partial charge on any atom is -0.347 e. The van der Waals surface area contributed by atoms with Gasteiger partial charge in [0.2, 0.25) is 15.9 Å². The average molecular weight is 442 g/mol. The van der Waals surface area contributed by atoms with E-state index in [-0.39, 0.29) is 37.0 Å². The second-order valence-corrected chi connectivity index (χ2v) is 9.23. The molecule has 162 valence electrons. The number of nitro groups is 1. The number of piperazine rings is 1. The summed E-state index contributed by atoms with van der Waals surface area (Å²) < 4.78 is 29.1. The number of aromatic nitrogens is 1. The molecule has 9 nitrogen and oxygen atoms in total. The highest BCUT2D eigenvalue weighted by atomic mass is 32.2. The zero-order chi connectivity index (χ0) is 22.0. The second-order valence-electron chi connectivity index (χ2n) is 7.33. The van der Waals surface area contributed by atoms with Crippen LogP contribution in [-0.2, 0) is 21.4 Å². The quantitative estimate of drug-likeness (QED) is 0.431. The van der Waals surface area contributed by atoms with Crippen LogP contribution in [0.15, 0.2) is 65.7 Å². The Kier molecular flexibility index (Phi) is 5.75. The first-order valence-corrected chi connectivity index (χ1v) is 11.4. The normalized spacial score (nSPS) is 15.3. The Morgan fingerprint density at radius 3 is 2.39 bits per heavy atom. The van der Waals surface area contributed by atoms with Gasteiger partial charge in [0.1, 0.15) is 0 Å². The van der Waals surface area contributed by atoms with Crippen LogP contribution in [0.4, 0.5) is 5.69 Å². The molecule has 2 heterocycles. The van der Waals surface area contributed by atoms with E-state index >= 15 is 0 Å². The Bertz CT molecular complexity index is 1230. The summed E-state index contributed by atoms with van der Waals surface area (Å²) in [6, 6.07) is 15.3. The molecule has 10 heteroatoms. The number of nitro benzene ring substituents is 1. The van der Waals surface area contributed by atoms with Gasteiger partial charge in [-0.2, -0.15) is 4.31 Å². The minimum atomic E-state index is -4.01. The topological polar surface area (TPSA) is 106 Å². The third kappa shape index (κ3) is 4.17. The molecule has 1 aliphatic rings. The number of hydrogen-bond acceptors (Lipinski definition) is 5. The van der Waals surface area contributed by atoms with E-state index in [0.29, 0.717) is 13.0 Å². The molecule has 0 N–H and O–H groups in total. The van der Waals surface area contributed by atoms with Crippen molar-refractivity contribution in [2.75, 3.05) is 26.2 Å². The van der Waals surface area contributed by atoms with E-state index in [2.05, 4.69) is 0 Å². The number of aryl methyl sites for hydroxylation is 1. The van der Waals surface area contributed by atoms with E-state index in [0.717, 1.165) is 10.9 Å². The van der Waals surface area contributed by atoms with E-state index in [1.165, 1.54) is 28.6 Å². The van der Waals surface area contributed by atoms with Crippen molar-refractivity contribution < 1.29 is 18.1 Å². The van der Waals surface area contributed by atoms with Crippen LogP contribution in [-0.4, -0.2) is 59.2 Å². The van der Waals surface area contributed by atoms with E-state index in [9.17, 15) is 23.3 Å². The highest BCUT2D eigenvalue weighted by Gasteiger charge is 2.34. The number of benzene rings is 2. The number of rotatable bonds is 6. The summed E-state index contributed by atoms with van der Waals surface area (Å²) in [4.78, 5) is 24.5. The van der Waals surface area contributed by atoms with Gasteiger partial charge >= 0.3 is 0 Å². The summed E-state index contributed by atoms with van der Waals surface area (Å²) in [6.45, 7) is 1.26. The zero-order valence-corrected chi connectivity index (χ0v) is 17.6. The van der Waals surface area contributed by atoms with Gasteiger partial charge < -0.3 is 9.47 Å². The lowest BCUT2D eigenvalue weighted by Gasteiger charge is -2.34. The van der Waals surface area contributed by atoms with Gasteiger partial charge in [-0.3, -0.25) is 14.9 Å². The summed E-state index contributed by atoms with van der Waals surface area (Å²) in [6.07, 6.45) is 2.27. The molecule has 4 rings (SSSR count). The van der Waals surface area contributed by atoms with Crippen molar-refractivity contribution in [3.8, 4) is 0 Å². The fraction of sp³-hybridized carbons (Fsp3) is 0.286. The first-order valence-electron chi connectivity index (χ1n) is 9.93. The Hall–Kier alpha value is -3.24. The van der Waals surface area contributed by atoms with E-state index < -0.39 is 20.6 Å². The van der Waals surface area contributed by atoms with Crippen molar-refractivity contribution in [2.45, 2.75) is 17.9 Å². The van der Waals surface area contributed by atoms with Crippen LogP contribution in [0.1, 0.15) is 6.42 Å². The summed E-state index contributed by atoms with van der Waals surface area (Å²) in [5, 5.41) is 12.3. The zero-order valence-electron chi connectivity index (χ0n) is 16.8. The van der Waals surface area contributed by atoms with Crippen molar-refractivity contribution in [3.63, 3.8) is 0 Å². The van der Waals surface area contributed by atoms with Crippen LogP contribution >= 0.6 is 0 Å². The molecule has 0 spiro atoms. The van der Waals surface area contributed by atoms with Crippen molar-refractivity contribution in [1.29, 1.82) is 0 Å². The molecule has 0 saturated carbocycles. The number of carbonyl (C=O) groups is 1. The smallest absolute Gasteiger partial charge is 0.289 e. The molecular weight excluding hydrogens is 420 g/mol. The Labute approximate surface area is 179 Å². The molecule has 1 saturated heterocycles. The van der Waals surface area contributed by atoms with Crippen LogP contribution in [0.2, 0.25) is 0 Å². The number of nitrogens with zero attached hydrogens (tertiary/aromatic N) is 4. The fourth-order valence-corrected chi connectivity index (χ4v) is 5.43. The van der Waals surface area contributed by atoms with Crippen molar-refractivity contribution >= 4 is 32.5 Å². The predicted octanol–water partition coefficient (Wildman–Crippen LogP) is 2.47. The first-order chi connectivity index (χ1) is 14.9. The first kappa shape index (κ1) is 21.0. The van der Waals surface area contributed by atoms with Gasteiger partial charge in [0.15, 0.2) is 4.90 Å². The lowest BCUT2D eigenvalue weighted by Crippen LogP contribution is -2.50. The Balaban J connectivity index is 1.38. The number of para-hydroxylation sites is 2. The maximum absolute atomic E-state index is 12.9. The standard InChI is InChI=1S/C21H22N4O5S/c26-21(10-12-22-11-9-17-5-1-2-6-18(17)22)23-13-15-24(16-14-23)31(29,30)20-8-4-3-7-19(20)25(27)28/h1-9,11H,10,12-16H2. The van der Waals surface area contributed by atoms with Crippen LogP contribution in [0, 0.1) is 10.1 Å². The van der Waals surface area contributed by atoms with Crippen LogP contribution in [0.3, 0.4) is 0 Å². The van der Waals surface area contributed by atoms with Gasteiger partial charge in [-0.05, 0) is 23.6 Å². The summed E-state index contributed by atoms with van der Waals surface area (Å²) in [7, 11) is -4.01. The lowest BCUT2D eigenvalue weighted by atomic mass is 10.2. The number of sulfonamides is 1. The summed E-state index contributed by atoms with van der Waals surface area (Å²) in [5.41, 5.74) is 0.621. The molecule has 3 aromatic rings. The predicted molar refractivity (Wildman–Crippen MR) is 115 cm³/mol. The molecule has 0 bridgehead atoms. The number of carbonyl (C=O) groups excluding carboxylic acids is 1. The third-order valence-corrected chi connectivity index (χ3v) is 7.46. The van der Waals surface area contributed by atoms with E-state index in [1.54, 1.807) is 4.90 Å². The molecule has 1 amide bonds. The number of fused-ring (bicyclic) bond motifs is 1. The molecular formula is C21H22N4O5S. The van der Waals surface area contributed by atoms with Crippen molar-refractivity contribution in [1.82, 2.24) is 13.8 Å². The lowest BCUT2D eigenvalue weighted by molar-refractivity contribution is -0.387. The van der Waals surface area contributed by atoms with Crippen LogP contribution in [0.5, 0.6) is 0 Å². The molecule has 31 heavy (non-hydrogen) atoms. The monoisotopic (exact) mass is 442 g/mol. The average Bonchev–Trinajstić information content (AvgIpc) is 3.20. The largest absolute Gasteiger partial charge is 0.347 e. The van der Waals surface area contributed by atoms with Gasteiger partial charge in [-0.1, -0.05) is 30.3 Å². The maximum atomic E-state index is 12.9. The summed E-state index contributed by atoms with van der Waals surface area (Å²) in [5.74, 6) is -0.0412. The van der Waals surface area contributed by atoms with E-state index in [4.69, 9.17) is 0 Å². The fourth-order valence-electron chi connectivity index (χ4n) is 3.85. The van der Waals surface area contributed by atoms with Crippen LogP contribution < -0.4 is 0 Å². The van der Waals surface area contributed by atoms with Gasteiger partial charge in [-0.25, -0.2) is 8.42 Å². The Morgan fingerprint density at radius 1 is 0.968 bits per heavy atom. The van der Waals surface area contributed by atoms with Crippen molar-refractivity contribution in [2.24, 2.45) is 0 Å². The SMILES string of the molecule is O=C(CCn1ccc2ccccc21)N1CCN(S(=O)(=O)c2ccccc2[N+](=O)[O-])CC1. The molecule has 1 aromatic heterocycles. The minimum absolute atomic E-state index is 0.0412. The highest BCUT2D eigenvalue weighted by molar-refractivity contribution is 7.89. The molecule has 0 unspecified atom stereocenters. The molecule has 1 aliphatic heterocycles. The molecule has 2 aromatic carbocycles. The van der Waals surface area contributed by atoms with Gasteiger partial charge in [0.05, 0.1) is 4.92 Å². The molecule has 0 radical (unpaired) electrons. The van der Waals surface area contributed by atoms with Gasteiger partial charge in [0.25, 0.3) is 5.69 Å². The molecule has 0 atom stereocenters. The second kappa shape index (κ2) is 8.48. The summed E-state index contributed by atoms with van der Waals surface area (Å²) >= 11 is 0. The van der Waals surface area contributed by atoms with Gasteiger partial charge in [0, 0.05) is 56.9 Å². The highest BCUT2D eigenvalue weighted by Crippen LogP contribution is 2.27. The molecule has 1 fully saturated rings. The van der Waals surface area contributed by atoms with Gasteiger partial charge in [-0.15, -0.1) is 0 Å². The van der Waals surface area contributed by atoms with Crippen LogP contribution in [0.25, 0.3) is 10.9 Å². The maximum Gasteiger partial charge on any atom is 0.289 e. The van der Waals surface area contributed by atoms with Crippen molar-refractivity contribution in [3.05, 3.63) is 70.9 Å².